The molecule has 1 aromatic carbocycles. The van der Waals surface area contributed by atoms with Crippen LogP contribution in [0.3, 0.4) is 0 Å². The number of halogens is 6. The summed E-state index contributed by atoms with van der Waals surface area (Å²) in [5.74, 6) is -2.63. The molecule has 2 rings (SSSR count). The third kappa shape index (κ3) is 4.67. The molecule has 0 aromatic heterocycles. The van der Waals surface area contributed by atoms with Gasteiger partial charge in [0.1, 0.15) is 11.2 Å². The Bertz CT molecular complexity index is 694. The van der Waals surface area contributed by atoms with Gasteiger partial charge in [0.15, 0.2) is 5.78 Å². The van der Waals surface area contributed by atoms with Gasteiger partial charge in [0.2, 0.25) is 5.91 Å². The number of ketones is 1. The molecule has 1 amide bonds. The molecule has 4 nitrogen and oxygen atoms in total. The Morgan fingerprint density at radius 2 is 1.81 bits per heavy atom. The zero-order valence-corrected chi connectivity index (χ0v) is 13.5. The maximum absolute atomic E-state index is 12.8. The normalized spacial score (nSPS) is 17.3. The fourth-order valence-electron chi connectivity index (χ4n) is 2.52. The molecule has 0 saturated heterocycles. The molecular formula is C16H15F6NO3. The second-order valence-corrected chi connectivity index (χ2v) is 6.09. The SMILES string of the molecule is C[C@H](NC(=O)CC(=O)C1(C(F)(F)F)CC1)c1cccc(OC(F)(F)F)c1. The molecular weight excluding hydrogens is 368 g/mol. The van der Waals surface area contributed by atoms with E-state index >= 15 is 0 Å². The van der Waals surface area contributed by atoms with Gasteiger partial charge in [-0.25, -0.2) is 0 Å². The predicted octanol–water partition coefficient (Wildman–Crippen LogP) is 4.06. The van der Waals surface area contributed by atoms with Gasteiger partial charge in [-0.1, -0.05) is 12.1 Å². The minimum Gasteiger partial charge on any atom is -0.406 e. The van der Waals surface area contributed by atoms with Crippen LogP contribution in [0, 0.1) is 5.41 Å². The Labute approximate surface area is 144 Å². The summed E-state index contributed by atoms with van der Waals surface area (Å²) in [6, 6.07) is 3.96. The van der Waals surface area contributed by atoms with Crippen LogP contribution in [-0.2, 0) is 9.59 Å². The fourth-order valence-corrected chi connectivity index (χ4v) is 2.52. The Hall–Kier alpha value is -2.26. The van der Waals surface area contributed by atoms with Gasteiger partial charge < -0.3 is 10.1 Å². The molecule has 1 saturated carbocycles. The summed E-state index contributed by atoms with van der Waals surface area (Å²) >= 11 is 0. The quantitative estimate of drug-likeness (QED) is 0.595. The van der Waals surface area contributed by atoms with E-state index in [1.807, 2.05) is 0 Å². The van der Waals surface area contributed by atoms with Crippen LogP contribution in [0.2, 0.25) is 0 Å². The van der Waals surface area contributed by atoms with Crippen molar-refractivity contribution in [3.05, 3.63) is 29.8 Å². The van der Waals surface area contributed by atoms with Crippen molar-refractivity contribution in [1.29, 1.82) is 0 Å². The van der Waals surface area contributed by atoms with Crippen LogP contribution in [0.1, 0.15) is 37.8 Å². The minimum atomic E-state index is -4.88. The third-order valence-corrected chi connectivity index (χ3v) is 4.12. The first-order chi connectivity index (χ1) is 11.8. The lowest BCUT2D eigenvalue weighted by molar-refractivity contribution is -0.274. The van der Waals surface area contributed by atoms with E-state index < -0.39 is 47.9 Å². The second kappa shape index (κ2) is 6.81. The number of benzene rings is 1. The smallest absolute Gasteiger partial charge is 0.406 e. The summed E-state index contributed by atoms with van der Waals surface area (Å²) in [5.41, 5.74) is -2.20. The number of carbonyl (C=O) groups excluding carboxylic acids is 2. The number of alkyl halides is 6. The van der Waals surface area contributed by atoms with Gasteiger partial charge in [-0.05, 0) is 37.5 Å². The summed E-state index contributed by atoms with van der Waals surface area (Å²) in [4.78, 5) is 23.6. The van der Waals surface area contributed by atoms with E-state index in [-0.39, 0.29) is 18.4 Å². The molecule has 144 valence electrons. The molecule has 10 heteroatoms. The van der Waals surface area contributed by atoms with Crippen molar-refractivity contribution in [2.75, 3.05) is 0 Å². The molecule has 1 aromatic rings. The number of amides is 1. The van der Waals surface area contributed by atoms with Crippen LogP contribution in [0.15, 0.2) is 24.3 Å². The number of carbonyl (C=O) groups is 2. The van der Waals surface area contributed by atoms with Crippen molar-refractivity contribution in [3.63, 3.8) is 0 Å². The Balaban J connectivity index is 1.97. The molecule has 0 aliphatic heterocycles. The maximum Gasteiger partial charge on any atom is 0.573 e. The first-order valence-electron chi connectivity index (χ1n) is 7.59. The minimum absolute atomic E-state index is 0.240. The molecule has 26 heavy (non-hydrogen) atoms. The van der Waals surface area contributed by atoms with Crippen LogP contribution in [0.25, 0.3) is 0 Å². The largest absolute Gasteiger partial charge is 0.573 e. The molecule has 1 aliphatic carbocycles. The first kappa shape index (κ1) is 20.1. The van der Waals surface area contributed by atoms with Crippen molar-refractivity contribution < 1.29 is 40.7 Å². The predicted molar refractivity (Wildman–Crippen MR) is 77.0 cm³/mol. The highest BCUT2D eigenvalue weighted by molar-refractivity contribution is 6.02. The Kier molecular flexibility index (Phi) is 5.25. The lowest BCUT2D eigenvalue weighted by atomic mass is 9.97. The van der Waals surface area contributed by atoms with Gasteiger partial charge in [-0.2, -0.15) is 13.2 Å². The first-order valence-corrected chi connectivity index (χ1v) is 7.59. The fraction of sp³-hybridized carbons (Fsp3) is 0.500. The average molecular weight is 383 g/mol. The highest BCUT2D eigenvalue weighted by atomic mass is 19.4. The van der Waals surface area contributed by atoms with Crippen LogP contribution >= 0.6 is 0 Å². The number of hydrogen-bond donors (Lipinski definition) is 1. The van der Waals surface area contributed by atoms with Gasteiger partial charge in [0.05, 0.1) is 12.5 Å². The third-order valence-electron chi connectivity index (χ3n) is 4.12. The molecule has 0 heterocycles. The van der Waals surface area contributed by atoms with Crippen LogP contribution in [0.4, 0.5) is 26.3 Å². The van der Waals surface area contributed by atoms with E-state index in [0.29, 0.717) is 0 Å². The topological polar surface area (TPSA) is 55.4 Å². The van der Waals surface area contributed by atoms with Gasteiger partial charge in [-0.3, -0.25) is 9.59 Å². The van der Waals surface area contributed by atoms with Crippen LogP contribution in [-0.4, -0.2) is 24.2 Å². The standard InChI is InChI=1S/C16H15F6NO3/c1-9(10-3-2-4-11(7-10)26-16(20,21)22)23-13(25)8-12(24)14(5-6-14)15(17,18)19/h2-4,7,9H,5-6,8H2,1H3,(H,23,25)/t9-/m0/s1. The van der Waals surface area contributed by atoms with Crippen molar-refractivity contribution in [1.82, 2.24) is 5.32 Å². The van der Waals surface area contributed by atoms with E-state index in [1.54, 1.807) is 0 Å². The summed E-state index contributed by atoms with van der Waals surface area (Å²) in [6.45, 7) is 1.42. The van der Waals surface area contributed by atoms with E-state index in [2.05, 4.69) is 10.1 Å². The van der Waals surface area contributed by atoms with Crippen molar-refractivity contribution in [2.45, 2.75) is 44.8 Å². The van der Waals surface area contributed by atoms with Gasteiger partial charge in [-0.15, -0.1) is 13.2 Å². The van der Waals surface area contributed by atoms with E-state index in [0.717, 1.165) is 12.1 Å². The van der Waals surface area contributed by atoms with Crippen LogP contribution < -0.4 is 10.1 Å². The lowest BCUT2D eigenvalue weighted by Gasteiger charge is -2.19. The summed E-state index contributed by atoms with van der Waals surface area (Å²) < 4.78 is 79.0. The maximum atomic E-state index is 12.8. The summed E-state index contributed by atoms with van der Waals surface area (Å²) in [6.07, 6.45) is -11.2. The number of ether oxygens (including phenoxy) is 1. The van der Waals surface area contributed by atoms with Crippen LogP contribution in [0.5, 0.6) is 5.75 Å². The molecule has 1 N–H and O–H groups in total. The monoisotopic (exact) mass is 383 g/mol. The molecule has 1 aliphatic rings. The molecule has 0 spiro atoms. The van der Waals surface area contributed by atoms with Gasteiger partial charge in [0.25, 0.3) is 0 Å². The number of nitrogens with one attached hydrogen (secondary N) is 1. The number of rotatable bonds is 6. The highest BCUT2D eigenvalue weighted by Crippen LogP contribution is 2.58. The average Bonchev–Trinajstić information content (AvgIpc) is 3.26. The van der Waals surface area contributed by atoms with Gasteiger partial charge >= 0.3 is 12.5 Å². The Morgan fingerprint density at radius 1 is 1.19 bits per heavy atom. The molecule has 1 atom stereocenters. The second-order valence-electron chi connectivity index (χ2n) is 6.09. The van der Waals surface area contributed by atoms with E-state index in [9.17, 15) is 35.9 Å². The zero-order valence-electron chi connectivity index (χ0n) is 13.5. The van der Waals surface area contributed by atoms with Crippen molar-refractivity contribution in [3.8, 4) is 5.75 Å². The van der Waals surface area contributed by atoms with E-state index in [1.165, 1.54) is 19.1 Å². The summed E-state index contributed by atoms with van der Waals surface area (Å²) in [7, 11) is 0. The van der Waals surface area contributed by atoms with Crippen molar-refractivity contribution >= 4 is 11.7 Å². The van der Waals surface area contributed by atoms with Gasteiger partial charge in [0, 0.05) is 0 Å². The number of hydrogen-bond acceptors (Lipinski definition) is 3. The Morgan fingerprint density at radius 3 is 2.31 bits per heavy atom. The highest BCUT2D eigenvalue weighted by Gasteiger charge is 2.67. The van der Waals surface area contributed by atoms with Crippen molar-refractivity contribution in [2.24, 2.45) is 5.41 Å². The van der Waals surface area contributed by atoms with E-state index in [4.69, 9.17) is 0 Å². The molecule has 0 unspecified atom stereocenters. The lowest BCUT2D eigenvalue weighted by Crippen LogP contribution is -2.37. The molecule has 0 bridgehead atoms. The number of Topliss-reactive ketones (excluding diaryl/α,β-unsaturated/α-hetero) is 1. The molecule has 0 radical (unpaired) electrons. The molecule has 1 fully saturated rings. The zero-order chi connectivity index (χ0) is 19.8. The summed E-state index contributed by atoms with van der Waals surface area (Å²) in [5, 5.41) is 2.30.